The van der Waals surface area contributed by atoms with Gasteiger partial charge in [0, 0.05) is 13.1 Å². The lowest BCUT2D eigenvalue weighted by Crippen LogP contribution is -2.45. The summed E-state index contributed by atoms with van der Waals surface area (Å²) in [6.45, 7) is 5.32. The quantitative estimate of drug-likeness (QED) is 0.845. The number of hydrogen-bond donors (Lipinski definition) is 2. The number of amides is 1. The summed E-state index contributed by atoms with van der Waals surface area (Å²) in [4.78, 5) is 13.5. The van der Waals surface area contributed by atoms with Crippen LogP contribution in [0.25, 0.3) is 0 Å². The Morgan fingerprint density at radius 2 is 2.08 bits per heavy atom. The monoisotopic (exact) mass is 350 g/mol. The van der Waals surface area contributed by atoms with Gasteiger partial charge in [-0.05, 0) is 38.8 Å². The molecule has 0 aromatic carbocycles. The van der Waals surface area contributed by atoms with Crippen molar-refractivity contribution in [2.24, 2.45) is 5.92 Å². The van der Waals surface area contributed by atoms with E-state index in [0.29, 0.717) is 0 Å². The van der Waals surface area contributed by atoms with Gasteiger partial charge in [0.05, 0.1) is 12.0 Å². The minimum atomic E-state index is -4.33. The van der Waals surface area contributed by atoms with Gasteiger partial charge in [0.15, 0.2) is 0 Å². The standard InChI is InChI=1S/C13H21F3N6O2/c1-12(2,3)24-11(23)17-9-6-8(13(14,15)16)4-5-22(7-9)10-18-20-21-19-10/h8-9H,4-7H2,1-3H3,(H,17,23)(H,18,19,20,21). The van der Waals surface area contributed by atoms with E-state index in [1.54, 1.807) is 25.7 Å². The Morgan fingerprint density at radius 1 is 1.38 bits per heavy atom. The molecule has 0 aliphatic carbocycles. The molecule has 1 aromatic heterocycles. The Bertz CT molecular complexity index is 543. The van der Waals surface area contributed by atoms with Crippen molar-refractivity contribution in [1.82, 2.24) is 25.9 Å². The molecule has 2 N–H and O–H groups in total. The number of nitrogens with zero attached hydrogens (tertiary/aromatic N) is 4. The minimum absolute atomic E-state index is 0.107. The Balaban J connectivity index is 2.10. The number of alkyl halides is 3. The van der Waals surface area contributed by atoms with Crippen LogP contribution < -0.4 is 10.2 Å². The van der Waals surface area contributed by atoms with Crippen molar-refractivity contribution in [2.75, 3.05) is 18.0 Å². The number of ether oxygens (including phenoxy) is 1. The number of hydrogen-bond acceptors (Lipinski definition) is 6. The van der Waals surface area contributed by atoms with E-state index in [1.807, 2.05) is 0 Å². The molecule has 2 heterocycles. The summed E-state index contributed by atoms with van der Waals surface area (Å²) >= 11 is 0. The smallest absolute Gasteiger partial charge is 0.407 e. The fourth-order valence-corrected chi connectivity index (χ4v) is 2.55. The Morgan fingerprint density at radius 3 is 2.62 bits per heavy atom. The van der Waals surface area contributed by atoms with E-state index in [4.69, 9.17) is 4.74 Å². The lowest BCUT2D eigenvalue weighted by molar-refractivity contribution is -0.177. The Hall–Kier alpha value is -2.07. The summed E-state index contributed by atoms with van der Waals surface area (Å²) < 4.78 is 44.6. The lowest BCUT2D eigenvalue weighted by Gasteiger charge is -2.26. The van der Waals surface area contributed by atoms with Gasteiger partial charge in [-0.3, -0.25) is 0 Å². The molecule has 1 amide bonds. The molecule has 0 saturated carbocycles. The highest BCUT2D eigenvalue weighted by Crippen LogP contribution is 2.34. The van der Waals surface area contributed by atoms with E-state index in [1.165, 1.54) is 0 Å². The first-order chi connectivity index (χ1) is 11.0. The molecule has 0 bridgehead atoms. The van der Waals surface area contributed by atoms with Gasteiger partial charge in [0.25, 0.3) is 5.95 Å². The van der Waals surface area contributed by atoms with E-state index >= 15 is 0 Å². The van der Waals surface area contributed by atoms with Crippen LogP contribution in [0.15, 0.2) is 0 Å². The number of aromatic nitrogens is 4. The molecule has 1 fully saturated rings. The molecule has 1 aromatic rings. The van der Waals surface area contributed by atoms with Crippen molar-refractivity contribution in [3.63, 3.8) is 0 Å². The molecule has 136 valence electrons. The highest BCUT2D eigenvalue weighted by molar-refractivity contribution is 5.68. The fraction of sp³-hybridized carbons (Fsp3) is 0.846. The topological polar surface area (TPSA) is 96.0 Å². The highest BCUT2D eigenvalue weighted by atomic mass is 19.4. The minimum Gasteiger partial charge on any atom is -0.444 e. The zero-order valence-corrected chi connectivity index (χ0v) is 13.7. The van der Waals surface area contributed by atoms with Gasteiger partial charge in [-0.1, -0.05) is 5.10 Å². The Labute approximate surface area is 137 Å². The van der Waals surface area contributed by atoms with Gasteiger partial charge in [0.2, 0.25) is 0 Å². The summed E-state index contributed by atoms with van der Waals surface area (Å²) in [5, 5.41) is 15.8. The molecule has 11 heteroatoms. The molecule has 2 rings (SSSR count). The fourth-order valence-electron chi connectivity index (χ4n) is 2.55. The van der Waals surface area contributed by atoms with Crippen LogP contribution in [0.5, 0.6) is 0 Å². The maximum absolute atomic E-state index is 13.2. The number of alkyl carbamates (subject to hydrolysis) is 1. The molecule has 0 spiro atoms. The molecule has 8 nitrogen and oxygen atoms in total. The number of carbonyl (C=O) groups excluding carboxylic acids is 1. The van der Waals surface area contributed by atoms with Crippen molar-refractivity contribution in [3.05, 3.63) is 0 Å². The molecule has 1 aliphatic rings. The molecule has 24 heavy (non-hydrogen) atoms. The van der Waals surface area contributed by atoms with Crippen LogP contribution in [0.3, 0.4) is 0 Å². The molecule has 0 radical (unpaired) electrons. The molecule has 2 unspecified atom stereocenters. The summed E-state index contributed by atoms with van der Waals surface area (Å²) in [7, 11) is 0. The van der Waals surface area contributed by atoms with E-state index < -0.39 is 29.8 Å². The highest BCUT2D eigenvalue weighted by Gasteiger charge is 2.43. The maximum atomic E-state index is 13.2. The average molecular weight is 350 g/mol. The van der Waals surface area contributed by atoms with Crippen LogP contribution in [0.4, 0.5) is 23.9 Å². The third-order valence-electron chi connectivity index (χ3n) is 3.56. The van der Waals surface area contributed by atoms with Crippen molar-refractivity contribution in [3.8, 4) is 0 Å². The van der Waals surface area contributed by atoms with E-state index in [0.717, 1.165) is 0 Å². The van der Waals surface area contributed by atoms with E-state index in [-0.39, 0.29) is 31.9 Å². The number of anilines is 1. The van der Waals surface area contributed by atoms with E-state index in [9.17, 15) is 18.0 Å². The van der Waals surface area contributed by atoms with Gasteiger partial charge >= 0.3 is 12.3 Å². The van der Waals surface area contributed by atoms with Crippen LogP contribution in [0, 0.1) is 5.92 Å². The molecular formula is C13H21F3N6O2. The van der Waals surface area contributed by atoms with E-state index in [2.05, 4.69) is 25.9 Å². The molecular weight excluding hydrogens is 329 g/mol. The van der Waals surface area contributed by atoms with Crippen LogP contribution in [0.2, 0.25) is 0 Å². The number of aromatic amines is 1. The predicted molar refractivity (Wildman–Crippen MR) is 78.3 cm³/mol. The predicted octanol–water partition coefficient (Wildman–Crippen LogP) is 1.87. The van der Waals surface area contributed by atoms with Gasteiger partial charge in [-0.25, -0.2) is 4.79 Å². The first-order valence-electron chi connectivity index (χ1n) is 7.59. The van der Waals surface area contributed by atoms with Crippen molar-refractivity contribution in [1.29, 1.82) is 0 Å². The number of H-pyrrole nitrogens is 1. The second kappa shape index (κ2) is 6.81. The van der Waals surface area contributed by atoms with Crippen LogP contribution in [-0.4, -0.2) is 57.6 Å². The van der Waals surface area contributed by atoms with Crippen LogP contribution >= 0.6 is 0 Å². The van der Waals surface area contributed by atoms with Gasteiger partial charge < -0.3 is 15.0 Å². The third kappa shape index (κ3) is 5.24. The summed E-state index contributed by atoms with van der Waals surface area (Å²) in [6, 6.07) is -0.743. The second-order valence-electron chi connectivity index (χ2n) is 6.76. The normalized spacial score (nSPS) is 22.8. The number of halogens is 3. The third-order valence-corrected chi connectivity index (χ3v) is 3.56. The van der Waals surface area contributed by atoms with Crippen molar-refractivity contribution in [2.45, 2.75) is 51.4 Å². The zero-order valence-electron chi connectivity index (χ0n) is 13.7. The molecule has 2 atom stereocenters. The van der Waals surface area contributed by atoms with Gasteiger partial charge in [-0.15, -0.1) is 5.10 Å². The zero-order chi connectivity index (χ0) is 18.0. The van der Waals surface area contributed by atoms with Crippen LogP contribution in [-0.2, 0) is 4.74 Å². The number of tetrazole rings is 1. The summed E-state index contributed by atoms with van der Waals surface area (Å²) in [5.74, 6) is -1.32. The maximum Gasteiger partial charge on any atom is 0.407 e. The molecule has 1 saturated heterocycles. The molecule has 1 aliphatic heterocycles. The van der Waals surface area contributed by atoms with Crippen molar-refractivity contribution >= 4 is 12.0 Å². The summed E-state index contributed by atoms with van der Waals surface area (Å²) in [6.07, 6.45) is -5.41. The van der Waals surface area contributed by atoms with Gasteiger partial charge in [-0.2, -0.15) is 18.4 Å². The number of rotatable bonds is 2. The largest absolute Gasteiger partial charge is 0.444 e. The average Bonchev–Trinajstić information content (AvgIpc) is 2.84. The second-order valence-corrected chi connectivity index (χ2v) is 6.76. The van der Waals surface area contributed by atoms with Crippen LogP contribution in [0.1, 0.15) is 33.6 Å². The van der Waals surface area contributed by atoms with Crippen molar-refractivity contribution < 1.29 is 22.7 Å². The SMILES string of the molecule is CC(C)(C)OC(=O)NC1CC(C(F)(F)F)CCN(c2nn[nH]n2)C1. The Kier molecular flexibility index (Phi) is 5.19. The lowest BCUT2D eigenvalue weighted by atomic mass is 9.97. The number of carbonyl (C=O) groups is 1. The summed E-state index contributed by atoms with van der Waals surface area (Å²) in [5.41, 5.74) is -0.731. The number of nitrogens with one attached hydrogen (secondary N) is 2. The first-order valence-corrected chi connectivity index (χ1v) is 7.59. The van der Waals surface area contributed by atoms with Gasteiger partial charge in [0.1, 0.15) is 5.60 Å². The first kappa shape index (κ1) is 18.3.